The highest BCUT2D eigenvalue weighted by atomic mass is 19.1. The molecule has 3 aliphatic rings. The lowest BCUT2D eigenvalue weighted by Crippen LogP contribution is -2.66. The Morgan fingerprint density at radius 1 is 0.818 bits per heavy atom. The molecule has 0 amide bonds. The molecule has 0 aromatic heterocycles. The minimum Gasteiger partial charge on any atom is -0.493 e. The van der Waals surface area contributed by atoms with E-state index in [0.717, 1.165) is 67.5 Å². The van der Waals surface area contributed by atoms with Crippen molar-refractivity contribution >= 4 is 0 Å². The normalized spacial score (nSPS) is 24.5. The maximum atomic E-state index is 13.4. The molecule has 0 saturated carbocycles. The van der Waals surface area contributed by atoms with Gasteiger partial charge in [-0.1, -0.05) is 66.7 Å². The number of piperidine rings is 3. The Labute approximate surface area is 196 Å². The maximum absolute atomic E-state index is 13.4. The second kappa shape index (κ2) is 8.92. The Morgan fingerprint density at radius 3 is 1.94 bits per heavy atom. The first-order valence-electron chi connectivity index (χ1n) is 12.1. The van der Waals surface area contributed by atoms with E-state index in [1.807, 2.05) is 36.4 Å². The van der Waals surface area contributed by atoms with E-state index in [-0.39, 0.29) is 11.2 Å². The summed E-state index contributed by atoms with van der Waals surface area (Å²) < 4.78 is 20.2. The summed E-state index contributed by atoms with van der Waals surface area (Å²) in [7, 11) is 0. The molecule has 6 rings (SSSR count). The summed E-state index contributed by atoms with van der Waals surface area (Å²) in [6.07, 6.45) is 3.99. The molecule has 3 saturated heterocycles. The molecule has 3 aliphatic heterocycles. The third kappa shape index (κ3) is 4.07. The number of quaternary nitrogens is 1. The van der Waals surface area contributed by atoms with Crippen LogP contribution in [0, 0.1) is 11.2 Å². The summed E-state index contributed by atoms with van der Waals surface area (Å²) in [4.78, 5) is 0. The summed E-state index contributed by atoms with van der Waals surface area (Å²) in [5, 5.41) is 12.4. The topological polar surface area (TPSA) is 29.5 Å². The van der Waals surface area contributed by atoms with Gasteiger partial charge in [0.15, 0.2) is 0 Å². The lowest BCUT2D eigenvalue weighted by atomic mass is 9.56. The Kier molecular flexibility index (Phi) is 5.98. The molecular weight excluding hydrogens is 413 g/mol. The molecule has 0 radical (unpaired) electrons. The monoisotopic (exact) mass is 446 g/mol. The van der Waals surface area contributed by atoms with Crippen molar-refractivity contribution < 1.29 is 18.7 Å². The van der Waals surface area contributed by atoms with E-state index in [0.29, 0.717) is 12.4 Å². The maximum Gasteiger partial charge on any atom is 0.126 e. The molecule has 3 aromatic carbocycles. The minimum absolute atomic E-state index is 0.145. The van der Waals surface area contributed by atoms with Gasteiger partial charge in [0.2, 0.25) is 0 Å². The summed E-state index contributed by atoms with van der Waals surface area (Å²) in [5.74, 6) is 0.337. The number of halogens is 1. The molecule has 172 valence electrons. The van der Waals surface area contributed by atoms with Crippen LogP contribution in [0.15, 0.2) is 84.9 Å². The van der Waals surface area contributed by atoms with Gasteiger partial charge in [0.1, 0.15) is 17.2 Å². The standard InChI is InChI=1S/C29H33FNO2/c30-26-13-7-14-27(23-26)33-22-8-18-31-19-15-28(16-20-31,17-21-31)29(32,24-9-3-1-4-10-24)25-11-5-2-6-12-25/h1-7,9-14,23,32H,8,15-22H2/q+1. The largest absolute Gasteiger partial charge is 0.493 e. The van der Waals surface area contributed by atoms with E-state index in [4.69, 9.17) is 4.74 Å². The van der Waals surface area contributed by atoms with Crippen LogP contribution in [0.5, 0.6) is 5.75 Å². The molecule has 2 bridgehead atoms. The number of nitrogens with zero attached hydrogens (tertiary/aromatic N) is 1. The average Bonchev–Trinajstić information content (AvgIpc) is 2.88. The SMILES string of the molecule is OC(c1ccccc1)(c1ccccc1)C12CC[N+](CCCOc3cccc(F)c3)(CC1)CC2. The smallest absolute Gasteiger partial charge is 0.126 e. The first-order chi connectivity index (χ1) is 16.1. The lowest BCUT2D eigenvalue weighted by Gasteiger charge is -2.60. The first-order valence-corrected chi connectivity index (χ1v) is 12.1. The summed E-state index contributed by atoms with van der Waals surface area (Å²) in [6, 6.07) is 26.8. The van der Waals surface area contributed by atoms with Gasteiger partial charge in [-0.05, 0) is 23.3 Å². The van der Waals surface area contributed by atoms with Crippen LogP contribution in [0.2, 0.25) is 0 Å². The predicted octanol–water partition coefficient (Wildman–Crippen LogP) is 5.53. The van der Waals surface area contributed by atoms with E-state index in [2.05, 4.69) is 24.3 Å². The third-order valence-electron chi connectivity index (χ3n) is 8.19. The van der Waals surface area contributed by atoms with Crippen LogP contribution in [-0.2, 0) is 5.60 Å². The second-order valence-electron chi connectivity index (χ2n) is 9.87. The Hall–Kier alpha value is -2.69. The number of hydrogen-bond donors (Lipinski definition) is 1. The fraction of sp³-hybridized carbons (Fsp3) is 0.379. The molecule has 33 heavy (non-hydrogen) atoms. The molecule has 0 aliphatic carbocycles. The molecule has 0 atom stereocenters. The summed E-state index contributed by atoms with van der Waals surface area (Å²) in [6.45, 7) is 4.93. The number of fused-ring (bicyclic) bond motifs is 3. The van der Waals surface area contributed by atoms with Gasteiger partial charge in [0.05, 0.1) is 32.8 Å². The number of aliphatic hydroxyl groups is 1. The molecule has 3 nitrogen and oxygen atoms in total. The summed E-state index contributed by atoms with van der Waals surface area (Å²) in [5.41, 5.74) is 0.878. The average molecular weight is 447 g/mol. The predicted molar refractivity (Wildman–Crippen MR) is 128 cm³/mol. The zero-order valence-electron chi connectivity index (χ0n) is 19.1. The molecule has 3 fully saturated rings. The van der Waals surface area contributed by atoms with Gasteiger partial charge in [-0.15, -0.1) is 0 Å². The summed E-state index contributed by atoms with van der Waals surface area (Å²) >= 11 is 0. The van der Waals surface area contributed by atoms with Crippen LogP contribution in [0.1, 0.15) is 36.8 Å². The lowest BCUT2D eigenvalue weighted by molar-refractivity contribution is -0.946. The van der Waals surface area contributed by atoms with Crippen molar-refractivity contribution in [1.82, 2.24) is 0 Å². The zero-order valence-corrected chi connectivity index (χ0v) is 19.1. The van der Waals surface area contributed by atoms with Gasteiger partial charge in [-0.25, -0.2) is 4.39 Å². The fourth-order valence-electron chi connectivity index (χ4n) is 6.23. The van der Waals surface area contributed by atoms with Crippen LogP contribution in [-0.4, -0.2) is 42.4 Å². The van der Waals surface area contributed by atoms with Gasteiger partial charge in [0.25, 0.3) is 0 Å². The quantitative estimate of drug-likeness (QED) is 0.364. The van der Waals surface area contributed by atoms with E-state index >= 15 is 0 Å². The molecule has 0 unspecified atom stereocenters. The minimum atomic E-state index is -0.980. The zero-order chi connectivity index (χ0) is 22.8. The Morgan fingerprint density at radius 2 is 1.39 bits per heavy atom. The van der Waals surface area contributed by atoms with E-state index in [1.165, 1.54) is 12.1 Å². The molecule has 4 heteroatoms. The van der Waals surface area contributed by atoms with Crippen LogP contribution >= 0.6 is 0 Å². The van der Waals surface area contributed by atoms with E-state index < -0.39 is 5.60 Å². The number of ether oxygens (including phenoxy) is 1. The number of hydrogen-bond acceptors (Lipinski definition) is 2. The molecule has 3 heterocycles. The molecule has 0 spiro atoms. The van der Waals surface area contributed by atoms with Crippen molar-refractivity contribution in [1.29, 1.82) is 0 Å². The van der Waals surface area contributed by atoms with Crippen molar-refractivity contribution in [3.63, 3.8) is 0 Å². The second-order valence-corrected chi connectivity index (χ2v) is 9.87. The van der Waals surface area contributed by atoms with Crippen molar-refractivity contribution in [2.24, 2.45) is 5.41 Å². The van der Waals surface area contributed by atoms with Crippen molar-refractivity contribution in [3.8, 4) is 5.75 Å². The molecular formula is C29H33FNO2+. The van der Waals surface area contributed by atoms with Crippen LogP contribution in [0.4, 0.5) is 4.39 Å². The highest BCUT2D eigenvalue weighted by Gasteiger charge is 2.60. The van der Waals surface area contributed by atoms with Crippen LogP contribution in [0.3, 0.4) is 0 Å². The highest BCUT2D eigenvalue weighted by molar-refractivity contribution is 5.39. The Balaban J connectivity index is 1.29. The van der Waals surface area contributed by atoms with Crippen LogP contribution in [0.25, 0.3) is 0 Å². The van der Waals surface area contributed by atoms with Gasteiger partial charge < -0.3 is 14.3 Å². The number of benzene rings is 3. The van der Waals surface area contributed by atoms with E-state index in [1.54, 1.807) is 12.1 Å². The van der Waals surface area contributed by atoms with Crippen LogP contribution < -0.4 is 4.74 Å². The Bertz CT molecular complexity index is 1010. The highest BCUT2D eigenvalue weighted by Crippen LogP contribution is 2.57. The molecule has 3 aromatic rings. The first kappa shape index (κ1) is 22.1. The van der Waals surface area contributed by atoms with E-state index in [9.17, 15) is 9.50 Å². The van der Waals surface area contributed by atoms with Crippen molar-refractivity contribution in [2.75, 3.05) is 32.8 Å². The van der Waals surface area contributed by atoms with Gasteiger partial charge in [-0.3, -0.25) is 0 Å². The fourth-order valence-corrected chi connectivity index (χ4v) is 6.23. The molecule has 1 N–H and O–H groups in total. The third-order valence-corrected chi connectivity index (χ3v) is 8.19. The van der Waals surface area contributed by atoms with Gasteiger partial charge in [0, 0.05) is 37.2 Å². The van der Waals surface area contributed by atoms with Crippen molar-refractivity contribution in [2.45, 2.75) is 31.3 Å². The van der Waals surface area contributed by atoms with Gasteiger partial charge in [-0.2, -0.15) is 0 Å². The van der Waals surface area contributed by atoms with Crippen molar-refractivity contribution in [3.05, 3.63) is 102 Å². The number of rotatable bonds is 8. The van der Waals surface area contributed by atoms with Gasteiger partial charge >= 0.3 is 0 Å².